The van der Waals surface area contributed by atoms with Crippen LogP contribution in [0.4, 0.5) is 0 Å². The van der Waals surface area contributed by atoms with Gasteiger partial charge in [0.25, 0.3) is 0 Å². The van der Waals surface area contributed by atoms with E-state index in [1.54, 1.807) is 0 Å². The first-order valence-electron chi connectivity index (χ1n) is 10.3. The van der Waals surface area contributed by atoms with Crippen molar-refractivity contribution in [3.63, 3.8) is 0 Å². The second-order valence-corrected chi connectivity index (χ2v) is 11.8. The van der Waals surface area contributed by atoms with Crippen LogP contribution in [0, 0.1) is 0 Å². The average Bonchev–Trinajstić information content (AvgIpc) is 2.84. The second-order valence-electron chi connectivity index (χ2n) is 7.25. The van der Waals surface area contributed by atoms with Crippen LogP contribution in [0.3, 0.4) is 0 Å². The number of hydrogen-bond acceptors (Lipinski definition) is 6. The number of rotatable bonds is 13. The molecular weight excluding hydrogens is 497 g/mol. The van der Waals surface area contributed by atoms with Crippen molar-refractivity contribution in [1.82, 2.24) is 15.7 Å². The van der Waals surface area contributed by atoms with E-state index in [0.717, 1.165) is 10.6 Å². The smallest absolute Gasteiger partial charge is 0.322 e. The van der Waals surface area contributed by atoms with Gasteiger partial charge in [0.2, 0.25) is 11.8 Å². The van der Waals surface area contributed by atoms with Crippen LogP contribution in [0.15, 0.2) is 60.7 Å². The first-order valence-corrected chi connectivity index (χ1v) is 13.7. The second kappa shape index (κ2) is 13.2. The summed E-state index contributed by atoms with van der Waals surface area (Å²) in [5.41, 5.74) is 0. The molecule has 0 spiro atoms. The molecule has 0 aliphatic heterocycles. The molecule has 0 aromatic heterocycles. The summed E-state index contributed by atoms with van der Waals surface area (Å²) in [4.78, 5) is 47.1. The van der Waals surface area contributed by atoms with Gasteiger partial charge in [-0.1, -0.05) is 72.5 Å². The van der Waals surface area contributed by atoms with Crippen molar-refractivity contribution in [2.24, 2.45) is 0 Å². The molecule has 2 atom stereocenters. The number of carbonyl (C=O) groups excluding carboxylic acids is 2. The van der Waals surface area contributed by atoms with Gasteiger partial charge < -0.3 is 20.8 Å². The highest BCUT2D eigenvalue weighted by atomic mass is 32.4. The molecule has 0 bridgehead atoms. The molecule has 0 aliphatic rings. The lowest BCUT2D eigenvalue weighted by molar-refractivity contribution is -0.139. The van der Waals surface area contributed by atoms with Crippen molar-refractivity contribution in [2.45, 2.75) is 24.9 Å². The van der Waals surface area contributed by atoms with Crippen LogP contribution in [0.2, 0.25) is 0 Å². The van der Waals surface area contributed by atoms with Gasteiger partial charge in [0, 0.05) is 22.8 Å². The standard InChI is InChI=1S/C22H26N3O6PS2/c26-19(24-18(14-33)21(29)23-13-20(27)28)12-11-17(22(30)31)25-32(34,15-7-3-1-4-8-15)16-9-5-2-6-10-16/h1-10,17-18,33H,11-14H2,(H,23,29)(H,24,26)(H,25,34)(H,27,28)(H,30,31)/t17-,18-/m0/s1. The molecule has 0 fully saturated rings. The maximum Gasteiger partial charge on any atom is 0.322 e. The molecule has 0 saturated carbocycles. The Morgan fingerprint density at radius 1 is 0.912 bits per heavy atom. The quantitative estimate of drug-likeness (QED) is 0.164. The molecule has 0 heterocycles. The summed E-state index contributed by atoms with van der Waals surface area (Å²) in [6.45, 7) is -0.590. The van der Waals surface area contributed by atoms with Crippen LogP contribution in [0.1, 0.15) is 12.8 Å². The van der Waals surface area contributed by atoms with Crippen molar-refractivity contribution < 1.29 is 29.4 Å². The molecule has 2 aromatic carbocycles. The summed E-state index contributed by atoms with van der Waals surface area (Å²) in [6, 6.07) is 16.2. The number of hydrogen-bond donors (Lipinski definition) is 6. The zero-order valence-electron chi connectivity index (χ0n) is 18.1. The summed E-state index contributed by atoms with van der Waals surface area (Å²) in [5, 5.41) is 27.8. The van der Waals surface area contributed by atoms with Gasteiger partial charge in [-0.15, -0.1) is 0 Å². The zero-order chi connectivity index (χ0) is 25.1. The highest BCUT2D eigenvalue weighted by molar-refractivity contribution is 8.21. The fourth-order valence-corrected chi connectivity index (χ4v) is 6.89. The van der Waals surface area contributed by atoms with Gasteiger partial charge in [0.1, 0.15) is 18.6 Å². The zero-order valence-corrected chi connectivity index (χ0v) is 20.7. The Morgan fingerprint density at radius 2 is 1.44 bits per heavy atom. The monoisotopic (exact) mass is 523 g/mol. The molecule has 0 saturated heterocycles. The third kappa shape index (κ3) is 7.95. The molecular formula is C22H26N3O6PS2. The van der Waals surface area contributed by atoms with E-state index in [9.17, 15) is 24.3 Å². The molecule has 9 nitrogen and oxygen atoms in total. The maximum atomic E-state index is 12.4. The minimum Gasteiger partial charge on any atom is -0.480 e. The van der Waals surface area contributed by atoms with E-state index >= 15 is 0 Å². The molecule has 0 aliphatic carbocycles. The van der Waals surface area contributed by atoms with Gasteiger partial charge in [-0.05, 0) is 6.42 Å². The lowest BCUT2D eigenvalue weighted by Crippen LogP contribution is -2.49. The van der Waals surface area contributed by atoms with E-state index in [2.05, 4.69) is 28.3 Å². The van der Waals surface area contributed by atoms with Crippen LogP contribution in [-0.4, -0.2) is 58.3 Å². The third-order valence-corrected chi connectivity index (χ3v) is 9.46. The number of thiol groups is 1. The predicted molar refractivity (Wildman–Crippen MR) is 137 cm³/mol. The summed E-state index contributed by atoms with van der Waals surface area (Å²) >= 11 is 10.0. The lowest BCUT2D eigenvalue weighted by Gasteiger charge is -2.28. The van der Waals surface area contributed by atoms with Crippen molar-refractivity contribution in [3.8, 4) is 0 Å². The van der Waals surface area contributed by atoms with Gasteiger partial charge in [0.15, 0.2) is 0 Å². The highest BCUT2D eigenvalue weighted by Crippen LogP contribution is 2.40. The molecule has 5 N–H and O–H groups in total. The van der Waals surface area contributed by atoms with E-state index in [-0.39, 0.29) is 18.6 Å². The number of carbonyl (C=O) groups is 4. The highest BCUT2D eigenvalue weighted by Gasteiger charge is 2.30. The van der Waals surface area contributed by atoms with E-state index in [4.69, 9.17) is 16.9 Å². The number of nitrogens with one attached hydrogen (secondary N) is 3. The number of carboxylic acid groups (broad SMARTS) is 2. The Hall–Kier alpha value is -2.72. The molecule has 12 heteroatoms. The summed E-state index contributed by atoms with van der Waals surface area (Å²) in [6.07, 6.45) is -2.99. The Kier molecular flexibility index (Phi) is 10.7. The molecule has 182 valence electrons. The van der Waals surface area contributed by atoms with E-state index in [1.807, 2.05) is 60.7 Å². The topological polar surface area (TPSA) is 145 Å². The molecule has 2 rings (SSSR count). The van der Waals surface area contributed by atoms with Crippen LogP contribution in [0.25, 0.3) is 0 Å². The van der Waals surface area contributed by atoms with Crippen molar-refractivity contribution in [1.29, 1.82) is 0 Å². The fraction of sp³-hybridized carbons (Fsp3) is 0.273. The number of carboxylic acids is 2. The van der Waals surface area contributed by atoms with E-state index < -0.39 is 48.6 Å². The summed E-state index contributed by atoms with van der Waals surface area (Å²) < 4.78 is 0. The number of benzene rings is 2. The minimum atomic E-state index is -2.72. The Bertz CT molecular complexity index is 1010. The first-order chi connectivity index (χ1) is 16.2. The summed E-state index contributed by atoms with van der Waals surface area (Å²) in [7, 11) is 0. The molecule has 0 radical (unpaired) electrons. The van der Waals surface area contributed by atoms with E-state index in [1.165, 1.54) is 0 Å². The van der Waals surface area contributed by atoms with Crippen molar-refractivity contribution in [2.75, 3.05) is 12.3 Å². The maximum absolute atomic E-state index is 12.4. The lowest BCUT2D eigenvalue weighted by atomic mass is 10.1. The minimum absolute atomic E-state index is 0.0549. The van der Waals surface area contributed by atoms with Crippen LogP contribution in [0.5, 0.6) is 0 Å². The van der Waals surface area contributed by atoms with Gasteiger partial charge >= 0.3 is 11.9 Å². The van der Waals surface area contributed by atoms with Crippen molar-refractivity contribution in [3.05, 3.63) is 60.7 Å². The van der Waals surface area contributed by atoms with Gasteiger partial charge in [-0.25, -0.2) is 0 Å². The normalized spacial score (nSPS) is 12.9. The van der Waals surface area contributed by atoms with Gasteiger partial charge in [-0.2, -0.15) is 12.6 Å². The van der Waals surface area contributed by atoms with Gasteiger partial charge in [0.05, 0.1) is 6.19 Å². The Morgan fingerprint density at radius 3 is 1.88 bits per heavy atom. The SMILES string of the molecule is O=C(O)CNC(=O)[C@H](CS)NC(=O)CC[C@H](NP(=S)(c1ccccc1)c1ccccc1)C(=O)O. The predicted octanol–water partition coefficient (Wildman–Crippen LogP) is 0.470. The Labute approximate surface area is 207 Å². The largest absolute Gasteiger partial charge is 0.480 e. The van der Waals surface area contributed by atoms with Crippen LogP contribution >= 0.6 is 18.8 Å². The van der Waals surface area contributed by atoms with Crippen LogP contribution < -0.4 is 26.3 Å². The van der Waals surface area contributed by atoms with Gasteiger partial charge in [-0.3, -0.25) is 24.3 Å². The molecule has 0 unspecified atom stereocenters. The van der Waals surface area contributed by atoms with E-state index in [0.29, 0.717) is 0 Å². The fourth-order valence-electron chi connectivity index (χ4n) is 3.06. The average molecular weight is 524 g/mol. The number of amides is 2. The Balaban J connectivity index is 2.12. The first kappa shape index (κ1) is 27.5. The molecule has 34 heavy (non-hydrogen) atoms. The summed E-state index contributed by atoms with van der Waals surface area (Å²) in [5.74, 6) is -3.69. The molecule has 2 aromatic rings. The third-order valence-electron chi connectivity index (χ3n) is 4.78. The van der Waals surface area contributed by atoms with Crippen LogP contribution in [-0.2, 0) is 31.0 Å². The molecule has 2 amide bonds. The van der Waals surface area contributed by atoms with Crippen molar-refractivity contribution >= 4 is 65.0 Å². The number of aliphatic carboxylic acids is 2.